The van der Waals surface area contributed by atoms with Crippen LogP contribution in [0.3, 0.4) is 0 Å². The Bertz CT molecular complexity index is 404. The van der Waals surface area contributed by atoms with Crippen molar-refractivity contribution in [3.05, 3.63) is 41.5 Å². The van der Waals surface area contributed by atoms with Crippen molar-refractivity contribution in [3.8, 4) is 0 Å². The van der Waals surface area contributed by atoms with Crippen LogP contribution in [0.5, 0.6) is 0 Å². The first-order chi connectivity index (χ1) is 9.04. The standard InChI is InChI=1S/C10H13N.C7H15N/c1-7-4-5-10(9(3)11)8(2)6-7;1-2-5-8-6-3-4-7-8/h4-6H,3,11H2,1-2H3;2-7H2,1H3. The Morgan fingerprint density at radius 1 is 1.26 bits per heavy atom. The number of rotatable bonds is 3. The van der Waals surface area contributed by atoms with E-state index in [9.17, 15) is 0 Å². The van der Waals surface area contributed by atoms with Crippen molar-refractivity contribution in [3.63, 3.8) is 0 Å². The minimum absolute atomic E-state index is 0.641. The van der Waals surface area contributed by atoms with Crippen LogP contribution in [-0.2, 0) is 0 Å². The predicted molar refractivity (Wildman–Crippen MR) is 85.1 cm³/mol. The van der Waals surface area contributed by atoms with Crippen LogP contribution in [0, 0.1) is 13.8 Å². The lowest BCUT2D eigenvalue weighted by Crippen LogP contribution is -2.19. The summed E-state index contributed by atoms with van der Waals surface area (Å²) < 4.78 is 0. The summed E-state index contributed by atoms with van der Waals surface area (Å²) in [5.74, 6) is 0. The molecule has 106 valence electrons. The molecule has 1 aliphatic rings. The number of nitrogens with zero attached hydrogens (tertiary/aromatic N) is 1. The summed E-state index contributed by atoms with van der Waals surface area (Å²) in [6, 6.07) is 6.15. The highest BCUT2D eigenvalue weighted by Gasteiger charge is 2.08. The average molecular weight is 260 g/mol. The van der Waals surface area contributed by atoms with Crippen molar-refractivity contribution in [1.82, 2.24) is 4.90 Å². The largest absolute Gasteiger partial charge is 0.399 e. The molecule has 0 aromatic heterocycles. The number of aryl methyl sites for hydroxylation is 2. The topological polar surface area (TPSA) is 29.3 Å². The Kier molecular flexibility index (Phi) is 6.65. The number of nitrogens with two attached hydrogens (primary N) is 1. The number of benzene rings is 1. The molecule has 0 saturated carbocycles. The average Bonchev–Trinajstić information content (AvgIpc) is 2.82. The fraction of sp³-hybridized carbons (Fsp3) is 0.529. The fourth-order valence-electron chi connectivity index (χ4n) is 2.50. The molecule has 2 nitrogen and oxygen atoms in total. The van der Waals surface area contributed by atoms with E-state index < -0.39 is 0 Å². The quantitative estimate of drug-likeness (QED) is 0.897. The zero-order valence-electron chi connectivity index (χ0n) is 12.7. The summed E-state index contributed by atoms with van der Waals surface area (Å²) in [7, 11) is 0. The van der Waals surface area contributed by atoms with Crippen LogP contribution < -0.4 is 5.73 Å². The van der Waals surface area contributed by atoms with Crippen LogP contribution in [0.25, 0.3) is 5.70 Å². The Morgan fingerprint density at radius 3 is 2.37 bits per heavy atom. The summed E-state index contributed by atoms with van der Waals surface area (Å²) >= 11 is 0. The molecular weight excluding hydrogens is 232 g/mol. The van der Waals surface area contributed by atoms with Gasteiger partial charge in [-0.25, -0.2) is 0 Å². The Hall–Kier alpha value is -1.28. The predicted octanol–water partition coefficient (Wildman–Crippen LogP) is 3.73. The Labute approximate surface area is 118 Å². The lowest BCUT2D eigenvalue weighted by molar-refractivity contribution is 0.339. The maximum absolute atomic E-state index is 5.57. The third kappa shape index (κ3) is 5.48. The van der Waals surface area contributed by atoms with Gasteiger partial charge in [-0.3, -0.25) is 0 Å². The molecule has 1 aliphatic heterocycles. The van der Waals surface area contributed by atoms with Gasteiger partial charge in [0.2, 0.25) is 0 Å². The molecule has 0 unspecified atom stereocenters. The molecular formula is C17H28N2. The molecule has 1 heterocycles. The van der Waals surface area contributed by atoms with Crippen LogP contribution in [0.15, 0.2) is 24.8 Å². The fourth-order valence-corrected chi connectivity index (χ4v) is 2.50. The van der Waals surface area contributed by atoms with E-state index in [-0.39, 0.29) is 0 Å². The number of hydrogen-bond acceptors (Lipinski definition) is 2. The van der Waals surface area contributed by atoms with Gasteiger partial charge in [-0.15, -0.1) is 0 Å². The van der Waals surface area contributed by atoms with Crippen molar-refractivity contribution in [2.75, 3.05) is 19.6 Å². The maximum atomic E-state index is 5.57. The minimum atomic E-state index is 0.641. The molecule has 1 saturated heterocycles. The molecule has 0 bridgehead atoms. The summed E-state index contributed by atoms with van der Waals surface area (Å²) in [6.07, 6.45) is 4.18. The second-order valence-electron chi connectivity index (χ2n) is 5.39. The molecule has 2 N–H and O–H groups in total. The Morgan fingerprint density at radius 2 is 1.89 bits per heavy atom. The van der Waals surface area contributed by atoms with Gasteiger partial charge in [0.15, 0.2) is 0 Å². The van der Waals surface area contributed by atoms with Crippen LogP contribution in [0.2, 0.25) is 0 Å². The normalized spacial score (nSPS) is 14.9. The van der Waals surface area contributed by atoms with Crippen LogP contribution >= 0.6 is 0 Å². The van der Waals surface area contributed by atoms with Gasteiger partial charge in [-0.05, 0) is 63.9 Å². The zero-order chi connectivity index (χ0) is 14.3. The van der Waals surface area contributed by atoms with Crippen molar-refractivity contribution >= 4 is 5.70 Å². The van der Waals surface area contributed by atoms with E-state index in [0.29, 0.717) is 5.70 Å². The molecule has 1 fully saturated rings. The first-order valence-corrected chi connectivity index (χ1v) is 7.29. The van der Waals surface area contributed by atoms with Gasteiger partial charge in [0.05, 0.1) is 0 Å². The second kappa shape index (κ2) is 8.00. The van der Waals surface area contributed by atoms with E-state index in [1.807, 2.05) is 19.1 Å². The molecule has 2 heteroatoms. The van der Waals surface area contributed by atoms with E-state index in [0.717, 1.165) is 5.56 Å². The minimum Gasteiger partial charge on any atom is -0.399 e. The Balaban J connectivity index is 0.000000200. The lowest BCUT2D eigenvalue weighted by Gasteiger charge is -2.11. The van der Waals surface area contributed by atoms with E-state index >= 15 is 0 Å². The van der Waals surface area contributed by atoms with Crippen molar-refractivity contribution in [1.29, 1.82) is 0 Å². The number of likely N-dealkylation sites (tertiary alicyclic amines) is 1. The summed E-state index contributed by atoms with van der Waals surface area (Å²) in [5.41, 5.74) is 9.71. The summed E-state index contributed by atoms with van der Waals surface area (Å²) in [5, 5.41) is 0. The first kappa shape index (κ1) is 15.8. The van der Waals surface area contributed by atoms with Crippen LogP contribution in [-0.4, -0.2) is 24.5 Å². The van der Waals surface area contributed by atoms with Crippen molar-refractivity contribution in [2.45, 2.75) is 40.0 Å². The van der Waals surface area contributed by atoms with Crippen molar-refractivity contribution in [2.24, 2.45) is 5.73 Å². The third-order valence-corrected chi connectivity index (χ3v) is 3.47. The summed E-state index contributed by atoms with van der Waals surface area (Å²) in [4.78, 5) is 2.54. The molecule has 1 aromatic rings. The maximum Gasteiger partial charge on any atom is 0.0317 e. The highest BCUT2D eigenvalue weighted by Crippen LogP contribution is 2.14. The lowest BCUT2D eigenvalue weighted by atomic mass is 10.0. The van der Waals surface area contributed by atoms with Crippen LogP contribution in [0.4, 0.5) is 0 Å². The van der Waals surface area contributed by atoms with E-state index in [1.54, 1.807) is 0 Å². The second-order valence-corrected chi connectivity index (χ2v) is 5.39. The van der Waals surface area contributed by atoms with E-state index in [2.05, 4.69) is 31.4 Å². The summed E-state index contributed by atoms with van der Waals surface area (Å²) in [6.45, 7) is 14.1. The molecule has 19 heavy (non-hydrogen) atoms. The van der Waals surface area contributed by atoms with Gasteiger partial charge in [0.25, 0.3) is 0 Å². The van der Waals surface area contributed by atoms with Gasteiger partial charge >= 0.3 is 0 Å². The van der Waals surface area contributed by atoms with Gasteiger partial charge in [-0.2, -0.15) is 0 Å². The van der Waals surface area contributed by atoms with E-state index in [1.165, 1.54) is 50.0 Å². The SMILES string of the molecule is C=C(N)c1ccc(C)cc1C.CCCN1CCCC1. The van der Waals surface area contributed by atoms with Crippen LogP contribution in [0.1, 0.15) is 42.9 Å². The molecule has 0 radical (unpaired) electrons. The van der Waals surface area contributed by atoms with Gasteiger partial charge < -0.3 is 10.6 Å². The first-order valence-electron chi connectivity index (χ1n) is 7.29. The molecule has 1 aromatic carbocycles. The number of hydrogen-bond donors (Lipinski definition) is 1. The smallest absolute Gasteiger partial charge is 0.0317 e. The molecule has 0 spiro atoms. The monoisotopic (exact) mass is 260 g/mol. The highest BCUT2D eigenvalue weighted by atomic mass is 15.1. The third-order valence-electron chi connectivity index (χ3n) is 3.47. The van der Waals surface area contributed by atoms with E-state index in [4.69, 9.17) is 5.73 Å². The van der Waals surface area contributed by atoms with Gasteiger partial charge in [-0.1, -0.05) is 37.3 Å². The van der Waals surface area contributed by atoms with Gasteiger partial charge in [0, 0.05) is 5.70 Å². The molecule has 0 atom stereocenters. The zero-order valence-corrected chi connectivity index (χ0v) is 12.7. The molecule has 0 aliphatic carbocycles. The van der Waals surface area contributed by atoms with Gasteiger partial charge in [0.1, 0.15) is 0 Å². The highest BCUT2D eigenvalue weighted by molar-refractivity contribution is 5.63. The molecule has 0 amide bonds. The molecule has 2 rings (SSSR count). The van der Waals surface area contributed by atoms with Crippen molar-refractivity contribution < 1.29 is 0 Å².